The highest BCUT2D eigenvalue weighted by Crippen LogP contribution is 2.32. The molecule has 12 heteroatoms. The summed E-state index contributed by atoms with van der Waals surface area (Å²) < 4.78 is 45.8. The Balaban J connectivity index is 1.51. The molecule has 0 radical (unpaired) electrons. The van der Waals surface area contributed by atoms with E-state index in [2.05, 4.69) is 25.2 Å². The molecule has 0 aliphatic rings. The predicted molar refractivity (Wildman–Crippen MR) is 126 cm³/mol. The molecular formula is C24H20F3N7O2. The topological polar surface area (TPSA) is 112 Å². The number of hydrogen-bond donors (Lipinski definition) is 2. The zero-order chi connectivity index (χ0) is 25.6. The van der Waals surface area contributed by atoms with Crippen LogP contribution in [0, 0.1) is 0 Å². The van der Waals surface area contributed by atoms with Gasteiger partial charge in [-0.2, -0.15) is 10.1 Å². The van der Waals surface area contributed by atoms with E-state index in [1.165, 1.54) is 22.7 Å². The molecule has 5 rings (SSSR count). The SMILES string of the molecule is CC(NC(=O)c1cc(-c2ccn3nc(N)nc3c2)c2cnn(C)c2c1)c1ccccc1OC(F)(F)F. The van der Waals surface area contributed by atoms with Crippen molar-refractivity contribution in [1.82, 2.24) is 29.7 Å². The van der Waals surface area contributed by atoms with Crippen LogP contribution in [-0.4, -0.2) is 36.6 Å². The second-order valence-electron chi connectivity index (χ2n) is 8.19. The molecule has 5 aromatic rings. The normalized spacial score (nSPS) is 12.7. The van der Waals surface area contributed by atoms with Crippen LogP contribution in [0.2, 0.25) is 0 Å². The number of alkyl halides is 3. The maximum atomic E-state index is 13.3. The number of aromatic nitrogens is 5. The van der Waals surface area contributed by atoms with Crippen LogP contribution in [0.4, 0.5) is 19.1 Å². The second kappa shape index (κ2) is 8.56. The fourth-order valence-electron chi connectivity index (χ4n) is 4.10. The van der Waals surface area contributed by atoms with E-state index in [0.29, 0.717) is 16.7 Å². The summed E-state index contributed by atoms with van der Waals surface area (Å²) in [7, 11) is 1.75. The Kier molecular flexibility index (Phi) is 5.50. The van der Waals surface area contributed by atoms with Gasteiger partial charge in [0.2, 0.25) is 5.95 Å². The quantitative estimate of drug-likeness (QED) is 0.377. The van der Waals surface area contributed by atoms with Gasteiger partial charge in [-0.3, -0.25) is 9.48 Å². The van der Waals surface area contributed by atoms with Crippen molar-refractivity contribution < 1.29 is 22.7 Å². The summed E-state index contributed by atoms with van der Waals surface area (Å²) in [6.45, 7) is 1.59. The fraction of sp³-hybridized carbons (Fsp3) is 0.167. The number of ether oxygens (including phenoxy) is 1. The third-order valence-corrected chi connectivity index (χ3v) is 5.75. The van der Waals surface area contributed by atoms with Gasteiger partial charge in [-0.15, -0.1) is 18.3 Å². The Morgan fingerprint density at radius 3 is 2.72 bits per heavy atom. The van der Waals surface area contributed by atoms with Gasteiger partial charge in [-0.25, -0.2) is 4.52 Å². The lowest BCUT2D eigenvalue weighted by molar-refractivity contribution is -0.275. The summed E-state index contributed by atoms with van der Waals surface area (Å²) in [6, 6.07) is 11.9. The number of nitrogens with two attached hydrogens (primary N) is 1. The summed E-state index contributed by atoms with van der Waals surface area (Å²) in [4.78, 5) is 17.4. The second-order valence-corrected chi connectivity index (χ2v) is 8.19. The van der Waals surface area contributed by atoms with Gasteiger partial charge in [0.25, 0.3) is 5.91 Å². The lowest BCUT2D eigenvalue weighted by Gasteiger charge is -2.19. The first kappa shape index (κ1) is 23.1. The molecule has 36 heavy (non-hydrogen) atoms. The number of pyridine rings is 1. The molecule has 0 bridgehead atoms. The molecule has 0 aliphatic carbocycles. The number of benzene rings is 2. The van der Waals surface area contributed by atoms with Crippen molar-refractivity contribution in [2.75, 3.05) is 5.73 Å². The number of nitrogens with zero attached hydrogens (tertiary/aromatic N) is 5. The van der Waals surface area contributed by atoms with E-state index >= 15 is 0 Å². The highest BCUT2D eigenvalue weighted by molar-refractivity contribution is 6.04. The summed E-state index contributed by atoms with van der Waals surface area (Å²) in [5.74, 6) is -0.710. The van der Waals surface area contributed by atoms with Crippen molar-refractivity contribution in [3.63, 3.8) is 0 Å². The average molecular weight is 495 g/mol. The fourth-order valence-corrected chi connectivity index (χ4v) is 4.10. The number of carbonyl (C=O) groups is 1. The maximum absolute atomic E-state index is 13.3. The van der Waals surface area contributed by atoms with Crippen molar-refractivity contribution in [2.45, 2.75) is 19.3 Å². The van der Waals surface area contributed by atoms with Crippen LogP contribution in [0.3, 0.4) is 0 Å². The monoisotopic (exact) mass is 495 g/mol. The van der Waals surface area contributed by atoms with Gasteiger partial charge in [0.1, 0.15) is 5.75 Å². The number of fused-ring (bicyclic) bond motifs is 2. The zero-order valence-electron chi connectivity index (χ0n) is 19.1. The third-order valence-electron chi connectivity index (χ3n) is 5.75. The number of rotatable bonds is 5. The van der Waals surface area contributed by atoms with Crippen molar-refractivity contribution in [2.24, 2.45) is 7.05 Å². The molecule has 3 aromatic heterocycles. The van der Waals surface area contributed by atoms with Gasteiger partial charge in [-0.1, -0.05) is 18.2 Å². The van der Waals surface area contributed by atoms with Crippen molar-refractivity contribution in [1.29, 1.82) is 0 Å². The molecule has 0 spiro atoms. The van der Waals surface area contributed by atoms with Gasteiger partial charge in [0.15, 0.2) is 5.65 Å². The van der Waals surface area contributed by atoms with E-state index in [0.717, 1.165) is 16.5 Å². The number of hydrogen-bond acceptors (Lipinski definition) is 6. The van der Waals surface area contributed by atoms with Gasteiger partial charge in [0, 0.05) is 29.8 Å². The number of aryl methyl sites for hydroxylation is 1. The molecule has 0 saturated heterocycles. The third kappa shape index (κ3) is 4.40. The Hall–Kier alpha value is -4.61. The predicted octanol–water partition coefficient (Wildman–Crippen LogP) is 4.25. The number of para-hydroxylation sites is 1. The maximum Gasteiger partial charge on any atom is 0.573 e. The number of carbonyl (C=O) groups excluding carboxylic acids is 1. The van der Waals surface area contributed by atoms with Gasteiger partial charge < -0.3 is 15.8 Å². The number of anilines is 1. The van der Waals surface area contributed by atoms with Crippen molar-refractivity contribution >= 4 is 28.4 Å². The minimum absolute atomic E-state index is 0.135. The minimum atomic E-state index is -4.85. The number of amides is 1. The molecule has 1 unspecified atom stereocenters. The molecule has 1 amide bonds. The largest absolute Gasteiger partial charge is 0.573 e. The molecular weight excluding hydrogens is 475 g/mol. The zero-order valence-corrected chi connectivity index (χ0v) is 19.1. The summed E-state index contributed by atoms with van der Waals surface area (Å²) in [5.41, 5.74) is 8.92. The highest BCUT2D eigenvalue weighted by atomic mass is 19.4. The van der Waals surface area contributed by atoms with E-state index in [4.69, 9.17) is 5.73 Å². The Morgan fingerprint density at radius 1 is 1.17 bits per heavy atom. The van der Waals surface area contributed by atoms with Crippen LogP contribution in [0.1, 0.15) is 28.9 Å². The van der Waals surface area contributed by atoms with E-state index < -0.39 is 18.3 Å². The number of nitrogens with one attached hydrogen (secondary N) is 1. The first-order valence-electron chi connectivity index (χ1n) is 10.8. The first-order chi connectivity index (χ1) is 17.1. The van der Waals surface area contributed by atoms with E-state index in [9.17, 15) is 18.0 Å². The Labute approximate surface area is 202 Å². The van der Waals surface area contributed by atoms with Crippen LogP contribution < -0.4 is 15.8 Å². The minimum Gasteiger partial charge on any atom is -0.405 e. The molecule has 0 fully saturated rings. The molecule has 9 nitrogen and oxygen atoms in total. The van der Waals surface area contributed by atoms with E-state index in [-0.39, 0.29) is 17.3 Å². The van der Waals surface area contributed by atoms with Gasteiger partial charge >= 0.3 is 6.36 Å². The molecule has 0 saturated carbocycles. The molecule has 1 atom stereocenters. The summed E-state index contributed by atoms with van der Waals surface area (Å²) in [6.07, 6.45) is -1.44. The van der Waals surface area contributed by atoms with Crippen molar-refractivity contribution in [3.05, 3.63) is 72.1 Å². The van der Waals surface area contributed by atoms with Crippen LogP contribution in [0.5, 0.6) is 5.75 Å². The standard InChI is InChI=1S/C24H20F3N7O2/c1-13(16-5-3-4-6-20(16)36-24(25,26)27)30-22(35)15-9-17(18-12-29-33(2)19(18)10-15)14-7-8-34-21(11-14)31-23(28)32-34/h3-13H,1-2H3,(H2,28,32)(H,30,35). The van der Waals surface area contributed by atoms with Crippen molar-refractivity contribution in [3.8, 4) is 16.9 Å². The number of nitrogen functional groups attached to an aromatic ring is 1. The highest BCUT2D eigenvalue weighted by Gasteiger charge is 2.32. The number of halogens is 3. The smallest absolute Gasteiger partial charge is 0.405 e. The lowest BCUT2D eigenvalue weighted by Crippen LogP contribution is -2.28. The van der Waals surface area contributed by atoms with Gasteiger partial charge in [-0.05, 0) is 48.4 Å². The van der Waals surface area contributed by atoms with Gasteiger partial charge in [0.05, 0.1) is 17.8 Å². The molecule has 3 heterocycles. The Morgan fingerprint density at radius 2 is 1.94 bits per heavy atom. The lowest BCUT2D eigenvalue weighted by atomic mass is 9.99. The van der Waals surface area contributed by atoms with E-state index in [1.807, 2.05) is 6.07 Å². The summed E-state index contributed by atoms with van der Waals surface area (Å²) in [5, 5.41) is 12.0. The Bertz CT molecular complexity index is 1610. The van der Waals surface area contributed by atoms with Crippen LogP contribution >= 0.6 is 0 Å². The average Bonchev–Trinajstić information content (AvgIpc) is 3.38. The molecule has 184 valence electrons. The molecule has 0 aliphatic heterocycles. The van der Waals surface area contributed by atoms with Crippen LogP contribution in [0.25, 0.3) is 27.7 Å². The molecule has 3 N–H and O–H groups in total. The van der Waals surface area contributed by atoms with E-state index in [1.54, 1.807) is 55.3 Å². The van der Waals surface area contributed by atoms with Crippen LogP contribution in [-0.2, 0) is 7.05 Å². The van der Waals surface area contributed by atoms with Crippen LogP contribution in [0.15, 0.2) is 60.9 Å². The molecule has 2 aromatic carbocycles. The first-order valence-corrected chi connectivity index (χ1v) is 10.8. The summed E-state index contributed by atoms with van der Waals surface area (Å²) >= 11 is 0.